The van der Waals surface area contributed by atoms with E-state index < -0.39 is 0 Å². The van der Waals surface area contributed by atoms with Gasteiger partial charge in [0.05, 0.1) is 6.26 Å². The lowest BCUT2D eigenvalue weighted by molar-refractivity contribution is 0.416. The minimum Gasteiger partial charge on any atom is -0.461 e. The average molecular weight is 403 g/mol. The van der Waals surface area contributed by atoms with Gasteiger partial charge in [0.15, 0.2) is 11.4 Å². The Balaban J connectivity index is 1.21. The molecule has 0 bridgehead atoms. The molecule has 1 aliphatic rings. The number of nitrogens with two attached hydrogens (primary N) is 1. The predicted molar refractivity (Wildman–Crippen MR) is 116 cm³/mol. The molecule has 0 spiro atoms. The summed E-state index contributed by atoms with van der Waals surface area (Å²) in [6, 6.07) is 16.7. The van der Waals surface area contributed by atoms with Crippen molar-refractivity contribution in [1.82, 2.24) is 24.9 Å². The summed E-state index contributed by atoms with van der Waals surface area (Å²) in [5, 5.41) is 8.10. The van der Waals surface area contributed by atoms with E-state index in [9.17, 15) is 0 Å². The summed E-state index contributed by atoms with van der Waals surface area (Å²) in [5.41, 5.74) is 8.20. The molecule has 4 heterocycles. The number of nitrogens with one attached hydrogen (secondary N) is 1. The summed E-state index contributed by atoms with van der Waals surface area (Å²) in [6.45, 7) is 2.87. The standard InChI is InChI=1S/C22H25N7O/c23-22-26-19(15-20-25-21(27-29(20)22)18-7-4-14-30-18)28-12-9-17(10-13-28)24-11-8-16-5-2-1-3-6-16/h1-7,14-15,17,24H,8-13H2,(H2,23,26). The topological polar surface area (TPSA) is 97.5 Å². The van der Waals surface area contributed by atoms with E-state index in [4.69, 9.17) is 10.2 Å². The van der Waals surface area contributed by atoms with E-state index in [-0.39, 0.29) is 0 Å². The highest BCUT2D eigenvalue weighted by Gasteiger charge is 2.21. The van der Waals surface area contributed by atoms with E-state index in [1.165, 1.54) is 5.56 Å². The number of rotatable bonds is 6. The van der Waals surface area contributed by atoms with E-state index in [0.717, 1.165) is 44.7 Å². The van der Waals surface area contributed by atoms with Crippen molar-refractivity contribution in [1.29, 1.82) is 0 Å². The maximum absolute atomic E-state index is 6.16. The fraction of sp³-hybridized carbons (Fsp3) is 0.318. The molecule has 0 unspecified atom stereocenters. The largest absolute Gasteiger partial charge is 0.461 e. The number of nitrogens with zero attached hydrogens (tertiary/aromatic N) is 5. The van der Waals surface area contributed by atoms with Gasteiger partial charge in [0, 0.05) is 25.2 Å². The minimum atomic E-state index is 0.330. The van der Waals surface area contributed by atoms with E-state index in [2.05, 4.69) is 55.6 Å². The number of anilines is 2. The van der Waals surface area contributed by atoms with Gasteiger partial charge in [0.25, 0.3) is 0 Å². The molecule has 0 aliphatic carbocycles. The molecule has 0 radical (unpaired) electrons. The third kappa shape index (κ3) is 3.86. The van der Waals surface area contributed by atoms with Gasteiger partial charge in [0.1, 0.15) is 5.82 Å². The molecular weight excluding hydrogens is 378 g/mol. The van der Waals surface area contributed by atoms with Gasteiger partial charge < -0.3 is 20.4 Å². The lowest BCUT2D eigenvalue weighted by Crippen LogP contribution is -2.43. The second kappa shape index (κ2) is 8.16. The summed E-state index contributed by atoms with van der Waals surface area (Å²) < 4.78 is 6.95. The lowest BCUT2D eigenvalue weighted by Gasteiger charge is -2.33. The predicted octanol–water partition coefficient (Wildman–Crippen LogP) is 2.77. The van der Waals surface area contributed by atoms with Crippen LogP contribution in [0, 0.1) is 0 Å². The average Bonchev–Trinajstić information content (AvgIpc) is 3.45. The monoisotopic (exact) mass is 403 g/mol. The molecule has 3 aromatic heterocycles. The number of aromatic nitrogens is 4. The van der Waals surface area contributed by atoms with Crippen LogP contribution >= 0.6 is 0 Å². The zero-order valence-corrected chi connectivity index (χ0v) is 16.7. The van der Waals surface area contributed by atoms with Gasteiger partial charge in [0.2, 0.25) is 11.8 Å². The van der Waals surface area contributed by atoms with Crippen LogP contribution in [0.15, 0.2) is 59.2 Å². The SMILES string of the molecule is Nc1nc(N2CCC(NCCc3ccccc3)CC2)cc2nc(-c3ccco3)nn12. The quantitative estimate of drug-likeness (QED) is 0.511. The molecule has 154 valence electrons. The van der Waals surface area contributed by atoms with Crippen molar-refractivity contribution in [3.05, 3.63) is 60.4 Å². The Hall–Kier alpha value is -3.39. The molecule has 0 amide bonds. The highest BCUT2D eigenvalue weighted by Crippen LogP contribution is 2.23. The fourth-order valence-electron chi connectivity index (χ4n) is 3.95. The molecule has 3 N–H and O–H groups in total. The van der Waals surface area contributed by atoms with Gasteiger partial charge in [-0.2, -0.15) is 9.50 Å². The molecule has 8 heteroatoms. The Morgan fingerprint density at radius 3 is 2.67 bits per heavy atom. The number of hydrogen-bond donors (Lipinski definition) is 2. The number of piperidine rings is 1. The van der Waals surface area contributed by atoms with Crippen molar-refractivity contribution in [3.63, 3.8) is 0 Å². The molecule has 0 atom stereocenters. The molecule has 1 aromatic carbocycles. The number of fused-ring (bicyclic) bond motifs is 1. The normalized spacial score (nSPS) is 15.1. The summed E-state index contributed by atoms with van der Waals surface area (Å²) in [6.07, 6.45) is 4.81. The van der Waals surface area contributed by atoms with Crippen LogP contribution < -0.4 is 16.0 Å². The van der Waals surface area contributed by atoms with E-state index in [1.807, 2.05) is 18.2 Å². The molecule has 4 aromatic rings. The molecule has 1 saturated heterocycles. The third-order valence-corrected chi connectivity index (χ3v) is 5.59. The molecule has 1 fully saturated rings. The zero-order chi connectivity index (χ0) is 20.3. The van der Waals surface area contributed by atoms with Crippen LogP contribution in [0.25, 0.3) is 17.2 Å². The minimum absolute atomic E-state index is 0.330. The molecular formula is C22H25N7O. The third-order valence-electron chi connectivity index (χ3n) is 5.59. The Morgan fingerprint density at radius 2 is 1.90 bits per heavy atom. The van der Waals surface area contributed by atoms with Crippen molar-refractivity contribution in [2.24, 2.45) is 0 Å². The highest BCUT2D eigenvalue weighted by molar-refractivity contribution is 5.59. The van der Waals surface area contributed by atoms with E-state index in [1.54, 1.807) is 10.8 Å². The molecule has 0 saturated carbocycles. The Kier molecular flexibility index (Phi) is 5.06. The lowest BCUT2D eigenvalue weighted by atomic mass is 10.0. The van der Waals surface area contributed by atoms with Crippen molar-refractivity contribution in [3.8, 4) is 11.6 Å². The Bertz CT molecular complexity index is 1100. The second-order valence-corrected chi connectivity index (χ2v) is 7.61. The van der Waals surface area contributed by atoms with Crippen LogP contribution in [0.2, 0.25) is 0 Å². The van der Waals surface area contributed by atoms with Gasteiger partial charge in [-0.05, 0) is 43.5 Å². The first kappa shape index (κ1) is 18.6. The van der Waals surface area contributed by atoms with Crippen LogP contribution in [-0.4, -0.2) is 45.3 Å². The van der Waals surface area contributed by atoms with Crippen LogP contribution in [0.4, 0.5) is 11.8 Å². The van der Waals surface area contributed by atoms with Crippen molar-refractivity contribution in [2.75, 3.05) is 30.3 Å². The van der Waals surface area contributed by atoms with Crippen LogP contribution in [-0.2, 0) is 6.42 Å². The maximum Gasteiger partial charge on any atom is 0.225 e. The van der Waals surface area contributed by atoms with Gasteiger partial charge >= 0.3 is 0 Å². The number of benzene rings is 1. The second-order valence-electron chi connectivity index (χ2n) is 7.61. The van der Waals surface area contributed by atoms with Crippen molar-refractivity contribution >= 4 is 17.4 Å². The summed E-state index contributed by atoms with van der Waals surface area (Å²) >= 11 is 0. The summed E-state index contributed by atoms with van der Waals surface area (Å²) in [5.74, 6) is 2.30. The van der Waals surface area contributed by atoms with Gasteiger partial charge in [-0.3, -0.25) is 0 Å². The van der Waals surface area contributed by atoms with Crippen LogP contribution in [0.5, 0.6) is 0 Å². The molecule has 8 nitrogen and oxygen atoms in total. The van der Waals surface area contributed by atoms with E-state index in [0.29, 0.717) is 29.2 Å². The van der Waals surface area contributed by atoms with Crippen LogP contribution in [0.1, 0.15) is 18.4 Å². The van der Waals surface area contributed by atoms with Gasteiger partial charge in [-0.1, -0.05) is 30.3 Å². The number of hydrogen-bond acceptors (Lipinski definition) is 7. The highest BCUT2D eigenvalue weighted by atomic mass is 16.3. The number of nitrogen functional groups attached to an aromatic ring is 1. The molecule has 5 rings (SSSR count). The first-order chi connectivity index (χ1) is 14.8. The Labute approximate surface area is 174 Å². The van der Waals surface area contributed by atoms with Crippen molar-refractivity contribution in [2.45, 2.75) is 25.3 Å². The van der Waals surface area contributed by atoms with Crippen LogP contribution in [0.3, 0.4) is 0 Å². The first-order valence-electron chi connectivity index (χ1n) is 10.4. The smallest absolute Gasteiger partial charge is 0.225 e. The fourth-order valence-corrected chi connectivity index (χ4v) is 3.95. The maximum atomic E-state index is 6.16. The Morgan fingerprint density at radius 1 is 1.07 bits per heavy atom. The van der Waals surface area contributed by atoms with E-state index >= 15 is 0 Å². The summed E-state index contributed by atoms with van der Waals surface area (Å²) in [7, 11) is 0. The first-order valence-corrected chi connectivity index (χ1v) is 10.4. The number of furan rings is 1. The molecule has 1 aliphatic heterocycles. The van der Waals surface area contributed by atoms with Gasteiger partial charge in [-0.15, -0.1) is 5.10 Å². The zero-order valence-electron chi connectivity index (χ0n) is 16.7. The van der Waals surface area contributed by atoms with Gasteiger partial charge in [-0.25, -0.2) is 4.98 Å². The van der Waals surface area contributed by atoms with Crippen molar-refractivity contribution < 1.29 is 4.42 Å². The molecule has 30 heavy (non-hydrogen) atoms. The summed E-state index contributed by atoms with van der Waals surface area (Å²) in [4.78, 5) is 11.4.